The van der Waals surface area contributed by atoms with Crippen LogP contribution in [0.15, 0.2) is 12.4 Å². The van der Waals surface area contributed by atoms with Crippen LogP contribution in [0.5, 0.6) is 5.75 Å². The molecule has 0 spiro atoms. The van der Waals surface area contributed by atoms with Crippen molar-refractivity contribution < 1.29 is 24.2 Å². The minimum atomic E-state index is -0.767. The number of hydrogen-bond donors (Lipinski definition) is 1. The van der Waals surface area contributed by atoms with Crippen LogP contribution in [0.1, 0.15) is 49.9 Å². The summed E-state index contributed by atoms with van der Waals surface area (Å²) >= 11 is 0. The number of nitrogens with zero attached hydrogens (tertiary/aromatic N) is 4. The summed E-state index contributed by atoms with van der Waals surface area (Å²) < 4.78 is 13.0. The molecule has 0 aromatic carbocycles. The Hall–Kier alpha value is -2.97. The molecule has 1 N–H and O–H groups in total. The maximum atomic E-state index is 12.2. The Morgan fingerprint density at radius 2 is 2.03 bits per heavy atom. The molecule has 0 bridgehead atoms. The smallest absolute Gasteiger partial charge is 0.311 e. The van der Waals surface area contributed by atoms with Crippen LogP contribution in [0, 0.1) is 18.8 Å². The van der Waals surface area contributed by atoms with Crippen molar-refractivity contribution in [2.45, 2.75) is 58.0 Å². The molecule has 0 unspecified atom stereocenters. The standard InChI is InChI=1S/C22H28N4O5/c1-13-19(31-16-5-3-4-15(8-16)22(28)29)11-23-21(25-13)17-10-24-26(2)18(17)9-20(27)30-12-14-6-7-14/h10-11,14-16H,3-9,12H2,1-2H3,(H,28,29)/t15-,16-/m0/s1. The van der Waals surface area contributed by atoms with Gasteiger partial charge in [0.05, 0.1) is 54.4 Å². The molecule has 0 aliphatic heterocycles. The first-order valence-electron chi connectivity index (χ1n) is 10.8. The van der Waals surface area contributed by atoms with Crippen molar-refractivity contribution in [2.75, 3.05) is 6.61 Å². The van der Waals surface area contributed by atoms with Gasteiger partial charge in [-0.2, -0.15) is 5.10 Å². The Labute approximate surface area is 180 Å². The van der Waals surface area contributed by atoms with Crippen LogP contribution < -0.4 is 4.74 Å². The number of carbonyl (C=O) groups is 2. The molecule has 9 nitrogen and oxygen atoms in total. The van der Waals surface area contributed by atoms with Gasteiger partial charge in [-0.25, -0.2) is 9.97 Å². The molecule has 2 saturated carbocycles. The van der Waals surface area contributed by atoms with Gasteiger partial charge in [-0.3, -0.25) is 14.3 Å². The summed E-state index contributed by atoms with van der Waals surface area (Å²) in [5, 5.41) is 13.5. The monoisotopic (exact) mass is 428 g/mol. The summed E-state index contributed by atoms with van der Waals surface area (Å²) in [6, 6.07) is 0. The van der Waals surface area contributed by atoms with E-state index in [4.69, 9.17) is 9.47 Å². The first-order chi connectivity index (χ1) is 14.9. The molecule has 0 amide bonds. The molecule has 0 radical (unpaired) electrons. The number of aryl methyl sites for hydroxylation is 2. The van der Waals surface area contributed by atoms with Crippen molar-refractivity contribution in [3.05, 3.63) is 23.8 Å². The number of hydrogen-bond acceptors (Lipinski definition) is 7. The van der Waals surface area contributed by atoms with Crippen LogP contribution >= 0.6 is 0 Å². The van der Waals surface area contributed by atoms with Crippen LogP contribution in [-0.4, -0.2) is 49.5 Å². The van der Waals surface area contributed by atoms with E-state index in [9.17, 15) is 14.7 Å². The number of esters is 1. The third-order valence-electron chi connectivity index (χ3n) is 5.99. The van der Waals surface area contributed by atoms with E-state index >= 15 is 0 Å². The largest absolute Gasteiger partial charge is 0.487 e. The Bertz CT molecular complexity index is 969. The summed E-state index contributed by atoms with van der Waals surface area (Å²) in [6.07, 6.45) is 8.31. The second kappa shape index (κ2) is 9.03. The number of aromatic nitrogens is 4. The minimum Gasteiger partial charge on any atom is -0.487 e. The van der Waals surface area contributed by atoms with Gasteiger partial charge in [0.2, 0.25) is 0 Å². The lowest BCUT2D eigenvalue weighted by atomic mass is 9.87. The predicted octanol–water partition coefficient (Wildman–Crippen LogP) is 2.70. The topological polar surface area (TPSA) is 116 Å². The SMILES string of the molecule is Cc1nc(-c2cnn(C)c2CC(=O)OCC2CC2)ncc1O[C@H]1CCC[C@H](C(=O)O)C1. The fourth-order valence-electron chi connectivity index (χ4n) is 3.90. The zero-order chi connectivity index (χ0) is 22.0. The Morgan fingerprint density at radius 1 is 1.23 bits per heavy atom. The van der Waals surface area contributed by atoms with Crippen LogP contribution in [0.2, 0.25) is 0 Å². The zero-order valence-corrected chi connectivity index (χ0v) is 17.9. The highest BCUT2D eigenvalue weighted by molar-refractivity contribution is 5.75. The molecule has 31 heavy (non-hydrogen) atoms. The van der Waals surface area contributed by atoms with Gasteiger partial charge in [0.15, 0.2) is 11.6 Å². The Balaban J connectivity index is 1.45. The van der Waals surface area contributed by atoms with Crippen LogP contribution in [0.3, 0.4) is 0 Å². The number of aliphatic carboxylic acids is 1. The van der Waals surface area contributed by atoms with Gasteiger partial charge in [-0.15, -0.1) is 0 Å². The van der Waals surface area contributed by atoms with E-state index in [2.05, 4.69) is 15.1 Å². The Kier molecular flexibility index (Phi) is 6.20. The highest BCUT2D eigenvalue weighted by Crippen LogP contribution is 2.31. The quantitative estimate of drug-likeness (QED) is 0.638. The lowest BCUT2D eigenvalue weighted by Crippen LogP contribution is -2.29. The lowest BCUT2D eigenvalue weighted by molar-refractivity contribution is -0.144. The van der Waals surface area contributed by atoms with E-state index in [0.717, 1.165) is 25.7 Å². The van der Waals surface area contributed by atoms with Crippen LogP contribution in [-0.2, 0) is 27.8 Å². The fourth-order valence-corrected chi connectivity index (χ4v) is 3.90. The molecule has 2 aromatic rings. The molecular formula is C22H28N4O5. The molecule has 4 rings (SSSR count). The highest BCUT2D eigenvalue weighted by Gasteiger charge is 2.29. The number of ether oxygens (including phenoxy) is 2. The van der Waals surface area contributed by atoms with E-state index in [1.54, 1.807) is 24.1 Å². The molecule has 2 aliphatic rings. The van der Waals surface area contributed by atoms with Gasteiger partial charge in [0, 0.05) is 7.05 Å². The van der Waals surface area contributed by atoms with Crippen LogP contribution in [0.4, 0.5) is 0 Å². The average Bonchev–Trinajstić information content (AvgIpc) is 3.51. The summed E-state index contributed by atoms with van der Waals surface area (Å²) in [7, 11) is 1.78. The lowest BCUT2D eigenvalue weighted by Gasteiger charge is -2.27. The second-order valence-corrected chi connectivity index (χ2v) is 8.52. The van der Waals surface area contributed by atoms with Crippen molar-refractivity contribution in [3.8, 4) is 17.1 Å². The predicted molar refractivity (Wildman–Crippen MR) is 110 cm³/mol. The maximum Gasteiger partial charge on any atom is 0.311 e. The van der Waals surface area contributed by atoms with Crippen molar-refractivity contribution in [1.29, 1.82) is 0 Å². The molecule has 166 valence electrons. The normalized spacial score (nSPS) is 21.0. The van der Waals surface area contributed by atoms with Gasteiger partial charge in [0.25, 0.3) is 0 Å². The number of rotatable bonds is 8. The average molecular weight is 428 g/mol. The molecular weight excluding hydrogens is 400 g/mol. The fraction of sp³-hybridized carbons (Fsp3) is 0.591. The highest BCUT2D eigenvalue weighted by atomic mass is 16.5. The van der Waals surface area contributed by atoms with Crippen molar-refractivity contribution in [3.63, 3.8) is 0 Å². The van der Waals surface area contributed by atoms with Crippen molar-refractivity contribution >= 4 is 11.9 Å². The Morgan fingerprint density at radius 3 is 2.74 bits per heavy atom. The van der Waals surface area contributed by atoms with Gasteiger partial charge >= 0.3 is 11.9 Å². The number of carboxylic acid groups (broad SMARTS) is 1. The molecule has 2 heterocycles. The van der Waals surface area contributed by atoms with Gasteiger partial charge in [-0.1, -0.05) is 0 Å². The first-order valence-corrected chi connectivity index (χ1v) is 10.8. The van der Waals surface area contributed by atoms with Gasteiger partial charge in [0.1, 0.15) is 0 Å². The molecule has 0 saturated heterocycles. The summed E-state index contributed by atoms with van der Waals surface area (Å²) in [4.78, 5) is 32.5. The van der Waals surface area contributed by atoms with Crippen molar-refractivity contribution in [1.82, 2.24) is 19.7 Å². The molecule has 2 aliphatic carbocycles. The second-order valence-electron chi connectivity index (χ2n) is 8.52. The first kappa shape index (κ1) is 21.3. The molecule has 2 aromatic heterocycles. The van der Waals surface area contributed by atoms with Gasteiger partial charge < -0.3 is 14.6 Å². The van der Waals surface area contributed by atoms with Gasteiger partial charge in [-0.05, 0) is 51.4 Å². The van der Waals surface area contributed by atoms with Crippen LogP contribution in [0.25, 0.3) is 11.4 Å². The van der Waals surface area contributed by atoms with E-state index in [1.165, 1.54) is 0 Å². The zero-order valence-electron chi connectivity index (χ0n) is 17.9. The van der Waals surface area contributed by atoms with E-state index < -0.39 is 5.97 Å². The number of carbonyl (C=O) groups excluding carboxylic acids is 1. The van der Waals surface area contributed by atoms with E-state index in [0.29, 0.717) is 53.9 Å². The molecule has 2 fully saturated rings. The third kappa shape index (κ3) is 5.21. The maximum absolute atomic E-state index is 12.2. The van der Waals surface area contributed by atoms with Crippen molar-refractivity contribution in [2.24, 2.45) is 18.9 Å². The third-order valence-corrected chi connectivity index (χ3v) is 5.99. The van der Waals surface area contributed by atoms with E-state index in [-0.39, 0.29) is 24.4 Å². The summed E-state index contributed by atoms with van der Waals surface area (Å²) in [6.45, 7) is 2.32. The summed E-state index contributed by atoms with van der Waals surface area (Å²) in [5.74, 6) is 0.125. The molecule has 9 heteroatoms. The minimum absolute atomic E-state index is 0.109. The summed E-state index contributed by atoms with van der Waals surface area (Å²) in [5.41, 5.74) is 2.04. The molecule has 2 atom stereocenters. The van der Waals surface area contributed by atoms with E-state index in [1.807, 2.05) is 6.92 Å². The number of carboxylic acids is 1.